The predicted molar refractivity (Wildman–Crippen MR) is 83.7 cm³/mol. The van der Waals surface area contributed by atoms with E-state index < -0.39 is 0 Å². The standard InChI is InChI=1S/C17H27FN2/c1-4-14-8-7-11-20(12-14)17-15(13(3)19-5-2)9-6-10-16(17)18/h6,9-10,13-14,19H,4-5,7-8,11-12H2,1-3H3. The zero-order valence-corrected chi connectivity index (χ0v) is 13.0. The Morgan fingerprint density at radius 1 is 1.40 bits per heavy atom. The highest BCUT2D eigenvalue weighted by molar-refractivity contribution is 5.56. The van der Waals surface area contributed by atoms with Gasteiger partial charge in [0, 0.05) is 19.1 Å². The van der Waals surface area contributed by atoms with E-state index in [2.05, 4.69) is 37.1 Å². The predicted octanol–water partition coefficient (Wildman–Crippen LogP) is 4.12. The minimum Gasteiger partial charge on any atom is -0.369 e. The average Bonchev–Trinajstić information content (AvgIpc) is 2.47. The molecule has 1 aromatic carbocycles. The highest BCUT2D eigenvalue weighted by Crippen LogP contribution is 2.33. The van der Waals surface area contributed by atoms with Crippen LogP contribution < -0.4 is 10.2 Å². The van der Waals surface area contributed by atoms with Crippen molar-refractivity contribution in [2.75, 3.05) is 24.5 Å². The van der Waals surface area contributed by atoms with Crippen molar-refractivity contribution < 1.29 is 4.39 Å². The van der Waals surface area contributed by atoms with Gasteiger partial charge in [0.05, 0.1) is 5.69 Å². The van der Waals surface area contributed by atoms with Crippen LogP contribution in [0.2, 0.25) is 0 Å². The van der Waals surface area contributed by atoms with Crippen molar-refractivity contribution in [1.82, 2.24) is 5.32 Å². The van der Waals surface area contributed by atoms with E-state index >= 15 is 0 Å². The minimum atomic E-state index is -0.0796. The molecule has 0 bridgehead atoms. The normalized spacial score (nSPS) is 21.0. The van der Waals surface area contributed by atoms with Crippen LogP contribution in [0.4, 0.5) is 10.1 Å². The summed E-state index contributed by atoms with van der Waals surface area (Å²) in [6.07, 6.45) is 3.63. The molecular weight excluding hydrogens is 251 g/mol. The molecule has 112 valence electrons. The maximum atomic E-state index is 14.4. The summed E-state index contributed by atoms with van der Waals surface area (Å²) in [7, 11) is 0. The zero-order chi connectivity index (χ0) is 14.5. The van der Waals surface area contributed by atoms with Crippen LogP contribution in [0.5, 0.6) is 0 Å². The van der Waals surface area contributed by atoms with Crippen LogP contribution in [-0.4, -0.2) is 19.6 Å². The van der Waals surface area contributed by atoms with Crippen LogP contribution in [0.25, 0.3) is 0 Å². The summed E-state index contributed by atoms with van der Waals surface area (Å²) in [5, 5.41) is 3.40. The second-order valence-electron chi connectivity index (χ2n) is 5.82. The molecular formula is C17H27FN2. The Morgan fingerprint density at radius 2 is 2.20 bits per heavy atom. The molecule has 0 aromatic heterocycles. The second kappa shape index (κ2) is 7.07. The number of hydrogen-bond acceptors (Lipinski definition) is 2. The summed E-state index contributed by atoms with van der Waals surface area (Å²) in [6, 6.07) is 5.66. The molecule has 0 aliphatic carbocycles. The first-order valence-electron chi connectivity index (χ1n) is 7.94. The van der Waals surface area contributed by atoms with Crippen molar-refractivity contribution >= 4 is 5.69 Å². The smallest absolute Gasteiger partial charge is 0.146 e. The van der Waals surface area contributed by atoms with Crippen molar-refractivity contribution in [2.24, 2.45) is 5.92 Å². The topological polar surface area (TPSA) is 15.3 Å². The van der Waals surface area contributed by atoms with E-state index in [1.165, 1.54) is 19.3 Å². The van der Waals surface area contributed by atoms with Crippen LogP contribution in [0.1, 0.15) is 51.6 Å². The summed E-state index contributed by atoms with van der Waals surface area (Å²) in [4.78, 5) is 2.26. The van der Waals surface area contributed by atoms with E-state index in [0.29, 0.717) is 5.92 Å². The summed E-state index contributed by atoms with van der Waals surface area (Å²) >= 11 is 0. The third-order valence-corrected chi connectivity index (χ3v) is 4.41. The van der Waals surface area contributed by atoms with E-state index in [4.69, 9.17) is 0 Å². The average molecular weight is 278 g/mol. The van der Waals surface area contributed by atoms with E-state index in [-0.39, 0.29) is 11.9 Å². The molecule has 2 rings (SSSR count). The lowest BCUT2D eigenvalue weighted by Gasteiger charge is -2.36. The van der Waals surface area contributed by atoms with E-state index in [0.717, 1.165) is 30.9 Å². The molecule has 1 aliphatic heterocycles. The number of para-hydroxylation sites is 1. The summed E-state index contributed by atoms with van der Waals surface area (Å²) in [5.41, 5.74) is 1.91. The Balaban J connectivity index is 2.29. The number of nitrogens with one attached hydrogen (secondary N) is 1. The van der Waals surface area contributed by atoms with Crippen molar-refractivity contribution in [1.29, 1.82) is 0 Å². The fourth-order valence-corrected chi connectivity index (χ4v) is 3.23. The third kappa shape index (κ3) is 3.32. The van der Waals surface area contributed by atoms with Crippen LogP contribution in [0.15, 0.2) is 18.2 Å². The van der Waals surface area contributed by atoms with Gasteiger partial charge < -0.3 is 10.2 Å². The molecule has 1 heterocycles. The molecule has 2 nitrogen and oxygen atoms in total. The quantitative estimate of drug-likeness (QED) is 0.871. The van der Waals surface area contributed by atoms with Gasteiger partial charge in [-0.3, -0.25) is 0 Å². The van der Waals surface area contributed by atoms with E-state index in [9.17, 15) is 4.39 Å². The Bertz CT molecular complexity index is 433. The molecule has 2 unspecified atom stereocenters. The van der Waals surface area contributed by atoms with Gasteiger partial charge in [0.15, 0.2) is 0 Å². The molecule has 1 fully saturated rings. The third-order valence-electron chi connectivity index (χ3n) is 4.41. The number of rotatable bonds is 5. The molecule has 1 aromatic rings. The van der Waals surface area contributed by atoms with Gasteiger partial charge in [-0.2, -0.15) is 0 Å². The SMILES string of the molecule is CCNC(C)c1cccc(F)c1N1CCCC(CC)C1. The summed E-state index contributed by atoms with van der Waals surface area (Å²) in [5.74, 6) is 0.620. The summed E-state index contributed by atoms with van der Waals surface area (Å²) in [6.45, 7) is 9.30. The van der Waals surface area contributed by atoms with Crippen molar-refractivity contribution in [3.05, 3.63) is 29.6 Å². The molecule has 2 atom stereocenters. The molecule has 1 aliphatic rings. The number of hydrogen-bond donors (Lipinski definition) is 1. The highest BCUT2D eigenvalue weighted by Gasteiger charge is 2.24. The van der Waals surface area contributed by atoms with Crippen LogP contribution in [0, 0.1) is 11.7 Å². The minimum absolute atomic E-state index is 0.0796. The molecule has 0 amide bonds. The fraction of sp³-hybridized carbons (Fsp3) is 0.647. The lowest BCUT2D eigenvalue weighted by molar-refractivity contribution is 0.400. The number of halogens is 1. The monoisotopic (exact) mass is 278 g/mol. The lowest BCUT2D eigenvalue weighted by atomic mass is 9.94. The van der Waals surface area contributed by atoms with Crippen molar-refractivity contribution in [3.63, 3.8) is 0 Å². The van der Waals surface area contributed by atoms with Gasteiger partial charge in [-0.15, -0.1) is 0 Å². The molecule has 20 heavy (non-hydrogen) atoms. The Hall–Kier alpha value is -1.09. The molecule has 0 radical (unpaired) electrons. The molecule has 3 heteroatoms. The first-order chi connectivity index (χ1) is 9.67. The van der Waals surface area contributed by atoms with Gasteiger partial charge in [-0.25, -0.2) is 4.39 Å². The van der Waals surface area contributed by atoms with Crippen molar-refractivity contribution in [2.45, 2.75) is 46.1 Å². The van der Waals surface area contributed by atoms with Gasteiger partial charge in [-0.1, -0.05) is 32.4 Å². The fourth-order valence-electron chi connectivity index (χ4n) is 3.23. The van der Waals surface area contributed by atoms with Gasteiger partial charge >= 0.3 is 0 Å². The lowest BCUT2D eigenvalue weighted by Crippen LogP contribution is -2.37. The first kappa shape index (κ1) is 15.3. The maximum absolute atomic E-state index is 14.4. The number of piperidine rings is 1. The van der Waals surface area contributed by atoms with Crippen LogP contribution in [-0.2, 0) is 0 Å². The van der Waals surface area contributed by atoms with Crippen molar-refractivity contribution in [3.8, 4) is 0 Å². The molecule has 1 saturated heterocycles. The Kier molecular flexibility index (Phi) is 5.41. The van der Waals surface area contributed by atoms with Gasteiger partial charge in [0.25, 0.3) is 0 Å². The second-order valence-corrected chi connectivity index (χ2v) is 5.82. The highest BCUT2D eigenvalue weighted by atomic mass is 19.1. The Morgan fingerprint density at radius 3 is 2.90 bits per heavy atom. The van der Waals surface area contributed by atoms with E-state index in [1.807, 2.05) is 6.07 Å². The van der Waals surface area contributed by atoms with Crippen LogP contribution >= 0.6 is 0 Å². The molecule has 1 N–H and O–H groups in total. The Labute approximate surface area is 122 Å². The molecule has 0 saturated carbocycles. The largest absolute Gasteiger partial charge is 0.369 e. The zero-order valence-electron chi connectivity index (χ0n) is 13.0. The summed E-state index contributed by atoms with van der Waals surface area (Å²) < 4.78 is 14.4. The molecule has 0 spiro atoms. The van der Waals surface area contributed by atoms with Gasteiger partial charge in [0.2, 0.25) is 0 Å². The maximum Gasteiger partial charge on any atom is 0.146 e. The number of nitrogens with zero attached hydrogens (tertiary/aromatic N) is 1. The van der Waals surface area contributed by atoms with E-state index in [1.54, 1.807) is 6.07 Å². The number of benzene rings is 1. The van der Waals surface area contributed by atoms with Gasteiger partial charge in [-0.05, 0) is 43.9 Å². The van der Waals surface area contributed by atoms with Crippen LogP contribution in [0.3, 0.4) is 0 Å². The first-order valence-corrected chi connectivity index (χ1v) is 7.94. The van der Waals surface area contributed by atoms with Gasteiger partial charge in [0.1, 0.15) is 5.82 Å². The number of anilines is 1.